The van der Waals surface area contributed by atoms with E-state index >= 15 is 0 Å². The van der Waals surface area contributed by atoms with Crippen LogP contribution in [0.25, 0.3) is 0 Å². The molecule has 0 radical (unpaired) electrons. The zero-order chi connectivity index (χ0) is 15.5. The van der Waals surface area contributed by atoms with Gasteiger partial charge in [-0.2, -0.15) is 0 Å². The Kier molecular flexibility index (Phi) is 4.82. The molecule has 1 aromatic rings. The minimum absolute atomic E-state index is 0.192. The highest BCUT2D eigenvalue weighted by atomic mass is 16.1. The summed E-state index contributed by atoms with van der Waals surface area (Å²) in [6.07, 6.45) is 6.67. The van der Waals surface area contributed by atoms with Gasteiger partial charge < -0.3 is 10.6 Å². The molecule has 3 heteroatoms. The second kappa shape index (κ2) is 6.82. The van der Waals surface area contributed by atoms with E-state index in [4.69, 9.17) is 0 Å². The summed E-state index contributed by atoms with van der Waals surface area (Å²) in [7, 11) is 0. The number of hydrogen-bond donors (Lipinski definition) is 2. The zero-order valence-corrected chi connectivity index (χ0v) is 13.8. The van der Waals surface area contributed by atoms with E-state index in [1.54, 1.807) is 0 Å². The highest BCUT2D eigenvalue weighted by Gasteiger charge is 2.30. The van der Waals surface area contributed by atoms with Crippen molar-refractivity contribution in [2.24, 2.45) is 5.92 Å². The van der Waals surface area contributed by atoms with Gasteiger partial charge in [-0.1, -0.05) is 30.7 Å². The van der Waals surface area contributed by atoms with Crippen molar-refractivity contribution in [2.45, 2.75) is 70.5 Å². The molecule has 1 aromatic carbocycles. The van der Waals surface area contributed by atoms with Crippen LogP contribution in [0.15, 0.2) is 24.3 Å². The molecular weight excluding hydrogens is 272 g/mol. The molecule has 0 saturated heterocycles. The first-order chi connectivity index (χ1) is 10.6. The summed E-state index contributed by atoms with van der Waals surface area (Å²) in [5.74, 6) is 0.439. The lowest BCUT2D eigenvalue weighted by Gasteiger charge is -2.31. The molecule has 3 nitrogen and oxygen atoms in total. The maximum absolute atomic E-state index is 12.2. The molecule has 2 aliphatic rings. The van der Waals surface area contributed by atoms with Crippen LogP contribution in [0.5, 0.6) is 0 Å². The summed E-state index contributed by atoms with van der Waals surface area (Å²) in [6, 6.07) is 10.0. The van der Waals surface area contributed by atoms with Crippen LogP contribution in [-0.4, -0.2) is 24.0 Å². The monoisotopic (exact) mass is 300 g/mol. The zero-order valence-electron chi connectivity index (χ0n) is 13.8. The quantitative estimate of drug-likeness (QED) is 0.898. The average molecular weight is 300 g/mol. The molecule has 22 heavy (non-hydrogen) atoms. The molecule has 2 atom stereocenters. The molecule has 0 bridgehead atoms. The lowest BCUT2D eigenvalue weighted by atomic mass is 9.84. The van der Waals surface area contributed by atoms with Crippen molar-refractivity contribution in [1.29, 1.82) is 0 Å². The van der Waals surface area contributed by atoms with E-state index in [2.05, 4.69) is 34.9 Å². The molecule has 0 spiro atoms. The number of hydrogen-bond acceptors (Lipinski definition) is 2. The first kappa shape index (κ1) is 15.5. The molecule has 120 valence electrons. The number of fused-ring (bicyclic) bond motifs is 1. The van der Waals surface area contributed by atoms with Crippen molar-refractivity contribution in [3.05, 3.63) is 35.4 Å². The maximum atomic E-state index is 12.2. The van der Waals surface area contributed by atoms with Gasteiger partial charge in [-0.25, -0.2) is 0 Å². The Hall–Kier alpha value is -1.35. The third-order valence-corrected chi connectivity index (χ3v) is 5.00. The molecule has 0 unspecified atom stereocenters. The third kappa shape index (κ3) is 3.70. The van der Waals surface area contributed by atoms with E-state index in [0.717, 1.165) is 32.1 Å². The van der Waals surface area contributed by atoms with Crippen molar-refractivity contribution in [1.82, 2.24) is 10.6 Å². The minimum Gasteiger partial charge on any atom is -0.354 e. The normalized spacial score (nSPS) is 25.2. The largest absolute Gasteiger partial charge is 0.354 e. The summed E-state index contributed by atoms with van der Waals surface area (Å²) in [6.45, 7) is 4.07. The topological polar surface area (TPSA) is 41.1 Å². The predicted octanol–water partition coefficient (Wildman–Crippen LogP) is 2.83. The molecular formula is C19H28N2O. The first-order valence-corrected chi connectivity index (χ1v) is 8.75. The van der Waals surface area contributed by atoms with E-state index in [0.29, 0.717) is 12.1 Å². The fourth-order valence-corrected chi connectivity index (χ4v) is 3.99. The van der Waals surface area contributed by atoms with Gasteiger partial charge in [0.25, 0.3) is 0 Å². The molecule has 1 saturated carbocycles. The first-order valence-electron chi connectivity index (χ1n) is 8.75. The highest BCUT2D eigenvalue weighted by molar-refractivity contribution is 5.79. The Morgan fingerprint density at radius 3 is 2.41 bits per heavy atom. The number of carbonyl (C=O) groups excluding carboxylic acids is 1. The Balaban J connectivity index is 1.52. The third-order valence-electron chi connectivity index (χ3n) is 5.00. The van der Waals surface area contributed by atoms with Crippen molar-refractivity contribution in [2.75, 3.05) is 0 Å². The SMILES string of the molecule is CC(C)NC(=O)[C@@H]1CCC[C@@H](NC2Cc3ccccc3C2)C1. The summed E-state index contributed by atoms with van der Waals surface area (Å²) in [5.41, 5.74) is 2.98. The Morgan fingerprint density at radius 2 is 1.77 bits per heavy atom. The number of amides is 1. The van der Waals surface area contributed by atoms with Crippen LogP contribution in [0.4, 0.5) is 0 Å². The van der Waals surface area contributed by atoms with E-state index < -0.39 is 0 Å². The summed E-state index contributed by atoms with van der Waals surface area (Å²) in [4.78, 5) is 12.2. The molecule has 3 rings (SSSR count). The standard InChI is InChI=1S/C19H28N2O/c1-13(2)20-19(22)16-8-5-9-17(12-16)21-18-10-14-6-3-4-7-15(14)11-18/h3-4,6-7,13,16-18,21H,5,8-12H2,1-2H3,(H,20,22)/t16-,17-/m1/s1. The van der Waals surface area contributed by atoms with Gasteiger partial charge in [0.15, 0.2) is 0 Å². The fourth-order valence-electron chi connectivity index (χ4n) is 3.99. The number of rotatable bonds is 4. The smallest absolute Gasteiger partial charge is 0.223 e. The van der Waals surface area contributed by atoms with Gasteiger partial charge in [0.2, 0.25) is 5.91 Å². The van der Waals surface area contributed by atoms with Crippen LogP contribution in [0.3, 0.4) is 0 Å². The fraction of sp³-hybridized carbons (Fsp3) is 0.632. The van der Waals surface area contributed by atoms with Gasteiger partial charge >= 0.3 is 0 Å². The number of carbonyl (C=O) groups is 1. The lowest BCUT2D eigenvalue weighted by Crippen LogP contribution is -2.45. The Morgan fingerprint density at radius 1 is 1.09 bits per heavy atom. The Labute approximate surface area is 133 Å². The molecule has 2 aliphatic carbocycles. The van der Waals surface area contributed by atoms with E-state index in [1.807, 2.05) is 13.8 Å². The molecule has 2 N–H and O–H groups in total. The molecule has 0 aliphatic heterocycles. The van der Waals surface area contributed by atoms with Gasteiger partial charge in [0.05, 0.1) is 0 Å². The van der Waals surface area contributed by atoms with Gasteiger partial charge in [0.1, 0.15) is 0 Å². The van der Waals surface area contributed by atoms with Crippen molar-refractivity contribution < 1.29 is 4.79 Å². The van der Waals surface area contributed by atoms with Crippen molar-refractivity contribution in [3.63, 3.8) is 0 Å². The second-order valence-corrected chi connectivity index (χ2v) is 7.26. The molecule has 0 heterocycles. The van der Waals surface area contributed by atoms with Crippen LogP contribution in [0, 0.1) is 5.92 Å². The van der Waals surface area contributed by atoms with E-state index in [-0.39, 0.29) is 17.9 Å². The van der Waals surface area contributed by atoms with Crippen molar-refractivity contribution in [3.8, 4) is 0 Å². The van der Waals surface area contributed by atoms with Gasteiger partial charge in [0, 0.05) is 24.0 Å². The van der Waals surface area contributed by atoms with E-state index in [1.165, 1.54) is 17.5 Å². The molecule has 1 fully saturated rings. The van der Waals surface area contributed by atoms with Crippen molar-refractivity contribution >= 4 is 5.91 Å². The van der Waals surface area contributed by atoms with Crippen LogP contribution in [-0.2, 0) is 17.6 Å². The maximum Gasteiger partial charge on any atom is 0.223 e. The van der Waals surface area contributed by atoms with Gasteiger partial charge in [-0.3, -0.25) is 4.79 Å². The van der Waals surface area contributed by atoms with Gasteiger partial charge in [-0.15, -0.1) is 0 Å². The van der Waals surface area contributed by atoms with Crippen LogP contribution in [0.2, 0.25) is 0 Å². The Bertz CT molecular complexity index is 501. The summed E-state index contributed by atoms with van der Waals surface area (Å²) in [5, 5.41) is 6.90. The average Bonchev–Trinajstić information content (AvgIpc) is 2.89. The van der Waals surface area contributed by atoms with Crippen LogP contribution in [0.1, 0.15) is 50.7 Å². The van der Waals surface area contributed by atoms with Crippen LogP contribution < -0.4 is 10.6 Å². The lowest BCUT2D eigenvalue weighted by molar-refractivity contribution is -0.126. The number of nitrogens with one attached hydrogen (secondary N) is 2. The molecule has 1 amide bonds. The number of benzene rings is 1. The van der Waals surface area contributed by atoms with Gasteiger partial charge in [-0.05, 0) is 57.1 Å². The predicted molar refractivity (Wildman–Crippen MR) is 89.8 cm³/mol. The minimum atomic E-state index is 0.192. The second-order valence-electron chi connectivity index (χ2n) is 7.26. The summed E-state index contributed by atoms with van der Waals surface area (Å²) >= 11 is 0. The van der Waals surface area contributed by atoms with E-state index in [9.17, 15) is 4.79 Å². The summed E-state index contributed by atoms with van der Waals surface area (Å²) < 4.78 is 0. The highest BCUT2D eigenvalue weighted by Crippen LogP contribution is 2.27. The molecule has 0 aromatic heterocycles. The van der Waals surface area contributed by atoms with Crippen LogP contribution >= 0.6 is 0 Å².